The number of carbonyl (C=O) groups is 3. The van der Waals surface area contributed by atoms with Crippen LogP contribution in [0.4, 0.5) is 17.3 Å². The Balaban J connectivity index is 0.00000406. The van der Waals surface area contributed by atoms with E-state index < -0.39 is 10.8 Å². The predicted octanol–water partition coefficient (Wildman–Crippen LogP) is 0.0992. The summed E-state index contributed by atoms with van der Waals surface area (Å²) in [7, 11) is 2.14. The van der Waals surface area contributed by atoms with E-state index in [9.17, 15) is 14.4 Å². The Hall–Kier alpha value is -3.74. The maximum Gasteiger partial charge on any atom is 0.316 e. The lowest BCUT2D eigenvalue weighted by Gasteiger charge is -2.41. The molecule has 0 spiro atoms. The summed E-state index contributed by atoms with van der Waals surface area (Å²) in [5.41, 5.74) is 4.51. The number of aryl methyl sites for hydroxylation is 1. The van der Waals surface area contributed by atoms with Crippen LogP contribution in [-0.4, -0.2) is 77.2 Å². The van der Waals surface area contributed by atoms with Crippen molar-refractivity contribution in [3.63, 3.8) is 0 Å². The summed E-state index contributed by atoms with van der Waals surface area (Å²) in [5.74, 6) is -0.245. The smallest absolute Gasteiger partial charge is 0.316 e. The van der Waals surface area contributed by atoms with Gasteiger partial charge in [-0.2, -0.15) is 4.57 Å². The summed E-state index contributed by atoms with van der Waals surface area (Å²) in [5, 5.41) is 6.32. The molecule has 0 unspecified atom stereocenters. The Kier molecular flexibility index (Phi) is 16.1. The highest BCUT2D eigenvalue weighted by atomic mass is 127. The summed E-state index contributed by atoms with van der Waals surface area (Å²) in [4.78, 5) is 49.2. The molecule has 296 valence electrons. The molecule has 0 atom stereocenters. The van der Waals surface area contributed by atoms with E-state index in [2.05, 4.69) is 27.6 Å². The van der Waals surface area contributed by atoms with E-state index in [4.69, 9.17) is 14.5 Å². The number of carbonyl (C=O) groups excluding carboxylic acids is 3. The SMILES string of the molecule is Cc1ccc(NC(=O)c2ccc(CN3CC[N+](C)(COC(=O)C(C)(C)C)CC3)cc2)cc1Nc1nccc(-c2ccc[n+](COC(=O)C(C)(C)C)c2)n1.[I-].[I-]. The zero-order chi connectivity index (χ0) is 38.4. The molecular weight excluding hydrogens is 924 g/mol. The van der Waals surface area contributed by atoms with Gasteiger partial charge >= 0.3 is 11.9 Å². The number of benzene rings is 2. The van der Waals surface area contributed by atoms with Gasteiger partial charge in [-0.15, -0.1) is 0 Å². The van der Waals surface area contributed by atoms with E-state index in [0.29, 0.717) is 34.1 Å². The lowest BCUT2D eigenvalue weighted by Crippen LogP contribution is -3.00. The highest BCUT2D eigenvalue weighted by Crippen LogP contribution is 2.25. The molecule has 2 N–H and O–H groups in total. The van der Waals surface area contributed by atoms with Crippen molar-refractivity contribution >= 4 is 35.2 Å². The maximum atomic E-state index is 13.2. The second-order valence-corrected chi connectivity index (χ2v) is 16.1. The van der Waals surface area contributed by atoms with Gasteiger partial charge in [0.15, 0.2) is 12.4 Å². The van der Waals surface area contributed by atoms with Gasteiger partial charge in [-0.1, -0.05) is 18.2 Å². The molecule has 4 aromatic rings. The summed E-state index contributed by atoms with van der Waals surface area (Å²) >= 11 is 0. The quantitative estimate of drug-likeness (QED) is 0.0933. The number of halogens is 2. The van der Waals surface area contributed by atoms with Crippen LogP contribution in [0.1, 0.15) is 63.0 Å². The van der Waals surface area contributed by atoms with E-state index >= 15 is 0 Å². The molecule has 0 bridgehead atoms. The third-order valence-corrected chi connectivity index (χ3v) is 9.16. The number of piperazine rings is 1. The van der Waals surface area contributed by atoms with Gasteiger partial charge in [-0.25, -0.2) is 9.97 Å². The zero-order valence-corrected chi connectivity index (χ0v) is 37.3. The minimum absolute atomic E-state index is 0. The van der Waals surface area contributed by atoms with Gasteiger partial charge in [0.2, 0.25) is 12.7 Å². The van der Waals surface area contributed by atoms with Crippen molar-refractivity contribution in [1.82, 2.24) is 14.9 Å². The molecule has 14 heteroatoms. The third-order valence-electron chi connectivity index (χ3n) is 9.16. The Morgan fingerprint density at radius 3 is 2.20 bits per heavy atom. The number of pyridine rings is 1. The molecule has 1 aliphatic heterocycles. The fraction of sp³-hybridized carbons (Fsp3) is 0.415. The van der Waals surface area contributed by atoms with Crippen LogP contribution in [0.2, 0.25) is 0 Å². The maximum absolute atomic E-state index is 13.2. The van der Waals surface area contributed by atoms with E-state index in [0.717, 1.165) is 55.1 Å². The Bertz CT molecular complexity index is 1940. The van der Waals surface area contributed by atoms with Crippen LogP contribution < -0.4 is 63.2 Å². The fourth-order valence-corrected chi connectivity index (χ4v) is 5.57. The number of hydrogen-bond donors (Lipinski definition) is 2. The molecule has 0 aliphatic carbocycles. The van der Waals surface area contributed by atoms with Crippen molar-refractivity contribution in [1.29, 1.82) is 0 Å². The molecule has 3 heterocycles. The first-order chi connectivity index (χ1) is 25.0. The van der Waals surface area contributed by atoms with Crippen LogP contribution in [0.5, 0.6) is 0 Å². The van der Waals surface area contributed by atoms with Crippen molar-refractivity contribution in [2.45, 2.75) is 61.7 Å². The second kappa shape index (κ2) is 19.4. The van der Waals surface area contributed by atoms with Gasteiger partial charge in [0.25, 0.3) is 12.6 Å². The first-order valence-corrected chi connectivity index (χ1v) is 18.0. The molecule has 1 aliphatic rings. The molecule has 55 heavy (non-hydrogen) atoms. The molecule has 2 aromatic carbocycles. The number of rotatable bonds is 11. The highest BCUT2D eigenvalue weighted by Gasteiger charge is 2.32. The van der Waals surface area contributed by atoms with E-state index in [1.54, 1.807) is 10.8 Å². The van der Waals surface area contributed by atoms with Crippen molar-refractivity contribution in [3.05, 3.63) is 95.9 Å². The lowest BCUT2D eigenvalue weighted by atomic mass is 9.97. The summed E-state index contributed by atoms with van der Waals surface area (Å²) in [6, 6.07) is 19.0. The zero-order valence-electron chi connectivity index (χ0n) is 33.0. The topological polar surface area (TPSA) is 127 Å². The molecule has 0 saturated carbocycles. The highest BCUT2D eigenvalue weighted by molar-refractivity contribution is 6.04. The third kappa shape index (κ3) is 13.2. The molecule has 1 amide bonds. The monoisotopic (exact) mass is 977 g/mol. The number of anilines is 3. The number of amides is 1. The number of quaternary nitrogens is 1. The average molecular weight is 978 g/mol. The molecule has 0 radical (unpaired) electrons. The Morgan fingerprint density at radius 1 is 0.891 bits per heavy atom. The number of nitrogens with one attached hydrogen (secondary N) is 2. The van der Waals surface area contributed by atoms with Gasteiger partial charge in [0.1, 0.15) is 0 Å². The van der Waals surface area contributed by atoms with Crippen molar-refractivity contribution in [2.75, 3.05) is 50.6 Å². The lowest BCUT2D eigenvalue weighted by molar-refractivity contribution is -0.929. The largest absolute Gasteiger partial charge is 1.00 e. The van der Waals surface area contributed by atoms with Crippen molar-refractivity contribution in [2.24, 2.45) is 10.8 Å². The molecule has 1 fully saturated rings. The minimum atomic E-state index is -0.582. The molecule has 12 nitrogen and oxygen atoms in total. The van der Waals surface area contributed by atoms with E-state index in [1.807, 2.05) is 122 Å². The minimum Gasteiger partial charge on any atom is -1.00 e. The molecular formula is C41H53I2N7O5. The Labute approximate surface area is 359 Å². The Morgan fingerprint density at radius 2 is 1.55 bits per heavy atom. The summed E-state index contributed by atoms with van der Waals surface area (Å²) in [6.07, 6.45) is 5.38. The number of hydrogen-bond acceptors (Lipinski definition) is 9. The van der Waals surface area contributed by atoms with Gasteiger partial charge in [-0.05, 0) is 96.0 Å². The number of nitrogens with zero attached hydrogens (tertiary/aromatic N) is 5. The van der Waals surface area contributed by atoms with Gasteiger partial charge in [0, 0.05) is 48.8 Å². The number of ether oxygens (including phenoxy) is 2. The fourth-order valence-electron chi connectivity index (χ4n) is 5.57. The first kappa shape index (κ1) is 45.6. The van der Waals surface area contributed by atoms with Crippen LogP contribution in [0.15, 0.2) is 79.3 Å². The van der Waals surface area contributed by atoms with E-state index in [-0.39, 0.29) is 72.5 Å². The first-order valence-electron chi connectivity index (χ1n) is 18.0. The van der Waals surface area contributed by atoms with Crippen molar-refractivity contribution in [3.8, 4) is 11.3 Å². The normalized spacial score (nSPS) is 14.1. The van der Waals surface area contributed by atoms with Crippen molar-refractivity contribution < 1.29 is 80.9 Å². The van der Waals surface area contributed by atoms with Crippen LogP contribution in [-0.2, 0) is 32.3 Å². The van der Waals surface area contributed by atoms with Gasteiger partial charge in [-0.3, -0.25) is 23.8 Å². The van der Waals surface area contributed by atoms with Crippen LogP contribution >= 0.6 is 0 Å². The van der Waals surface area contributed by atoms with Gasteiger partial charge in [0.05, 0.1) is 42.2 Å². The number of esters is 2. The molecule has 5 rings (SSSR count). The number of aromatic nitrogens is 3. The summed E-state index contributed by atoms with van der Waals surface area (Å²) in [6.45, 7) is 17.9. The molecule has 2 aromatic heterocycles. The van der Waals surface area contributed by atoms with E-state index in [1.165, 1.54) is 0 Å². The van der Waals surface area contributed by atoms with Gasteiger partial charge < -0.3 is 68.1 Å². The van der Waals surface area contributed by atoms with Crippen LogP contribution in [0, 0.1) is 17.8 Å². The predicted molar refractivity (Wildman–Crippen MR) is 204 cm³/mol. The van der Waals surface area contributed by atoms with Crippen LogP contribution in [0.3, 0.4) is 0 Å². The standard InChI is InChI=1S/C41H52N7O5.2HI/c1-29-11-16-33(24-35(29)45-39-42-18-17-34(44-39)32-10-9-19-47(26-32)27-52-37(50)40(2,3)4)43-36(49)31-14-12-30(13-15-31)25-46-20-22-48(8,23-21-46)28-53-38(51)41(5,6)7;;/h9-19,24,26H,20-23,25,27-28H2,1-8H3,(H-,42,43,44,45,49);2*1H/q+1;;/p-1. The second-order valence-electron chi connectivity index (χ2n) is 16.1. The molecule has 1 saturated heterocycles. The average Bonchev–Trinajstić information content (AvgIpc) is 3.12. The van der Waals surface area contributed by atoms with Crippen LogP contribution in [0.25, 0.3) is 11.3 Å². The summed E-state index contributed by atoms with van der Waals surface area (Å²) < 4.78 is 13.6. The number of likely N-dealkylation sites (N-methyl/N-ethyl adjacent to an activating group) is 1.